The summed E-state index contributed by atoms with van der Waals surface area (Å²) in [6.07, 6.45) is 3.45. The van der Waals surface area contributed by atoms with E-state index in [2.05, 4.69) is 10.3 Å². The zero-order chi connectivity index (χ0) is 12.5. The predicted molar refractivity (Wildman–Crippen MR) is 73.6 cm³/mol. The van der Waals surface area contributed by atoms with Crippen LogP contribution in [0.1, 0.15) is 22.6 Å². The van der Waals surface area contributed by atoms with E-state index in [4.69, 9.17) is 16.9 Å². The third kappa shape index (κ3) is 2.07. The van der Waals surface area contributed by atoms with Gasteiger partial charge in [-0.1, -0.05) is 11.6 Å². The molecule has 0 fully saturated rings. The minimum atomic E-state index is 0.464. The lowest BCUT2D eigenvalue weighted by Crippen LogP contribution is -1.91. The smallest absolute Gasteiger partial charge is 0.187 e. The average Bonchev–Trinajstić information content (AvgIpc) is 2.90. The molecular weight excluding hydrogens is 266 g/mol. The summed E-state index contributed by atoms with van der Waals surface area (Å²) in [5, 5.41) is 13.4. The fraction of sp³-hybridized carbons (Fsp3) is 0.231. The van der Waals surface area contributed by atoms with Crippen LogP contribution in [-0.4, -0.2) is 4.98 Å². The molecule has 18 heavy (non-hydrogen) atoms. The van der Waals surface area contributed by atoms with Gasteiger partial charge in [-0.25, -0.2) is 4.98 Å². The van der Waals surface area contributed by atoms with E-state index in [1.807, 2.05) is 12.1 Å². The van der Waals surface area contributed by atoms with Crippen molar-refractivity contribution in [3.05, 3.63) is 39.4 Å². The number of thiazole rings is 1. The van der Waals surface area contributed by atoms with E-state index in [0.717, 1.165) is 23.7 Å². The van der Waals surface area contributed by atoms with Crippen LogP contribution in [0.5, 0.6) is 0 Å². The standard InChI is InChI=1S/C13H10ClN3S/c14-10-6-9(5-4-8(10)7-15)16-13-17-11-2-1-3-12(11)18-13/h4-6H,1-3H2,(H,16,17). The molecule has 0 radical (unpaired) electrons. The van der Waals surface area contributed by atoms with Crippen LogP contribution < -0.4 is 5.32 Å². The Morgan fingerprint density at radius 1 is 1.39 bits per heavy atom. The maximum Gasteiger partial charge on any atom is 0.187 e. The summed E-state index contributed by atoms with van der Waals surface area (Å²) in [6.45, 7) is 0. The van der Waals surface area contributed by atoms with Crippen LogP contribution in [0.3, 0.4) is 0 Å². The van der Waals surface area contributed by atoms with E-state index in [1.54, 1.807) is 23.5 Å². The van der Waals surface area contributed by atoms with E-state index in [0.29, 0.717) is 10.6 Å². The van der Waals surface area contributed by atoms with Gasteiger partial charge in [0, 0.05) is 10.6 Å². The van der Waals surface area contributed by atoms with Crippen LogP contribution in [0.4, 0.5) is 10.8 Å². The largest absolute Gasteiger partial charge is 0.331 e. The quantitative estimate of drug-likeness (QED) is 0.904. The van der Waals surface area contributed by atoms with Crippen LogP contribution >= 0.6 is 22.9 Å². The van der Waals surface area contributed by atoms with Crippen molar-refractivity contribution in [2.45, 2.75) is 19.3 Å². The number of aromatic nitrogens is 1. The van der Waals surface area contributed by atoms with Crippen molar-refractivity contribution < 1.29 is 0 Å². The Balaban J connectivity index is 1.84. The van der Waals surface area contributed by atoms with Gasteiger partial charge in [-0.2, -0.15) is 5.26 Å². The summed E-state index contributed by atoms with van der Waals surface area (Å²) in [6, 6.07) is 7.36. The van der Waals surface area contributed by atoms with E-state index in [-0.39, 0.29) is 0 Å². The van der Waals surface area contributed by atoms with Gasteiger partial charge in [0.1, 0.15) is 6.07 Å². The first-order valence-corrected chi connectivity index (χ1v) is 6.91. The second-order valence-electron chi connectivity index (χ2n) is 4.17. The molecule has 0 unspecified atom stereocenters. The van der Waals surface area contributed by atoms with Gasteiger partial charge in [0.05, 0.1) is 16.3 Å². The van der Waals surface area contributed by atoms with Gasteiger partial charge in [0.2, 0.25) is 0 Å². The number of aryl methyl sites for hydroxylation is 2. The molecule has 1 aromatic carbocycles. The van der Waals surface area contributed by atoms with Crippen molar-refractivity contribution >= 4 is 33.8 Å². The highest BCUT2D eigenvalue weighted by atomic mass is 35.5. The third-order valence-corrected chi connectivity index (χ3v) is 4.32. The Kier molecular flexibility index (Phi) is 2.94. The van der Waals surface area contributed by atoms with E-state index < -0.39 is 0 Å². The van der Waals surface area contributed by atoms with Crippen molar-refractivity contribution in [1.82, 2.24) is 4.98 Å². The molecular formula is C13H10ClN3S. The molecule has 0 spiro atoms. The molecule has 3 nitrogen and oxygen atoms in total. The monoisotopic (exact) mass is 275 g/mol. The van der Waals surface area contributed by atoms with Gasteiger partial charge in [0.15, 0.2) is 5.13 Å². The van der Waals surface area contributed by atoms with Gasteiger partial charge in [-0.15, -0.1) is 11.3 Å². The Labute approximate surface area is 114 Å². The van der Waals surface area contributed by atoms with Crippen molar-refractivity contribution in [3.8, 4) is 6.07 Å². The minimum absolute atomic E-state index is 0.464. The second-order valence-corrected chi connectivity index (χ2v) is 5.66. The van der Waals surface area contributed by atoms with Crippen molar-refractivity contribution in [1.29, 1.82) is 5.26 Å². The second kappa shape index (κ2) is 4.60. The Bertz CT molecular complexity index is 621. The maximum absolute atomic E-state index is 8.81. The molecule has 90 valence electrons. The van der Waals surface area contributed by atoms with E-state index in [9.17, 15) is 0 Å². The summed E-state index contributed by atoms with van der Waals surface area (Å²) in [5.41, 5.74) is 2.58. The number of hydrogen-bond donors (Lipinski definition) is 1. The molecule has 0 aliphatic heterocycles. The van der Waals surface area contributed by atoms with Crippen LogP contribution in [0.15, 0.2) is 18.2 Å². The SMILES string of the molecule is N#Cc1ccc(Nc2nc3c(s2)CCC3)cc1Cl. The van der Waals surface area contributed by atoms with Gasteiger partial charge in [-0.05, 0) is 37.5 Å². The van der Waals surface area contributed by atoms with Crippen molar-refractivity contribution in [2.75, 3.05) is 5.32 Å². The number of nitrogens with zero attached hydrogens (tertiary/aromatic N) is 2. The van der Waals surface area contributed by atoms with Gasteiger partial charge < -0.3 is 5.32 Å². The lowest BCUT2D eigenvalue weighted by atomic mass is 10.2. The fourth-order valence-electron chi connectivity index (χ4n) is 2.05. The highest BCUT2D eigenvalue weighted by molar-refractivity contribution is 7.15. The number of nitrogens with one attached hydrogen (secondary N) is 1. The van der Waals surface area contributed by atoms with Crippen molar-refractivity contribution in [3.63, 3.8) is 0 Å². The molecule has 5 heteroatoms. The first-order valence-electron chi connectivity index (χ1n) is 5.71. The molecule has 0 saturated carbocycles. The van der Waals surface area contributed by atoms with Gasteiger partial charge >= 0.3 is 0 Å². The normalized spacial score (nSPS) is 13.1. The Morgan fingerprint density at radius 3 is 3.00 bits per heavy atom. The summed E-state index contributed by atoms with van der Waals surface area (Å²) in [7, 11) is 0. The number of hydrogen-bond acceptors (Lipinski definition) is 4. The molecule has 3 rings (SSSR count). The molecule has 1 aliphatic rings. The number of rotatable bonds is 2. The lowest BCUT2D eigenvalue weighted by molar-refractivity contribution is 0.900. The topological polar surface area (TPSA) is 48.7 Å². The molecule has 1 aliphatic carbocycles. The number of fused-ring (bicyclic) bond motifs is 1. The summed E-state index contributed by atoms with van der Waals surface area (Å²) in [4.78, 5) is 5.94. The maximum atomic E-state index is 8.81. The lowest BCUT2D eigenvalue weighted by Gasteiger charge is -2.03. The average molecular weight is 276 g/mol. The van der Waals surface area contributed by atoms with Crippen LogP contribution in [0.25, 0.3) is 0 Å². The number of nitriles is 1. The summed E-state index contributed by atoms with van der Waals surface area (Å²) >= 11 is 7.69. The molecule has 1 N–H and O–H groups in total. The zero-order valence-electron chi connectivity index (χ0n) is 9.53. The zero-order valence-corrected chi connectivity index (χ0v) is 11.1. The highest BCUT2D eigenvalue weighted by Gasteiger charge is 2.16. The van der Waals surface area contributed by atoms with Crippen LogP contribution in [0, 0.1) is 11.3 Å². The summed E-state index contributed by atoms with van der Waals surface area (Å²) < 4.78 is 0. The first kappa shape index (κ1) is 11.5. The molecule has 0 saturated heterocycles. The molecule has 1 heterocycles. The molecule has 2 aromatic rings. The molecule has 0 amide bonds. The van der Waals surface area contributed by atoms with E-state index >= 15 is 0 Å². The number of anilines is 2. The number of benzene rings is 1. The molecule has 1 aromatic heterocycles. The first-order chi connectivity index (χ1) is 8.76. The van der Waals surface area contributed by atoms with Crippen LogP contribution in [0.2, 0.25) is 5.02 Å². The predicted octanol–water partition coefficient (Wildman–Crippen LogP) is 3.90. The van der Waals surface area contributed by atoms with Crippen LogP contribution in [-0.2, 0) is 12.8 Å². The Hall–Kier alpha value is -1.57. The van der Waals surface area contributed by atoms with Crippen molar-refractivity contribution in [2.24, 2.45) is 0 Å². The summed E-state index contributed by atoms with van der Waals surface area (Å²) in [5.74, 6) is 0. The fourth-order valence-corrected chi connectivity index (χ4v) is 3.34. The Morgan fingerprint density at radius 2 is 2.28 bits per heavy atom. The number of halogens is 1. The highest BCUT2D eigenvalue weighted by Crippen LogP contribution is 2.32. The van der Waals surface area contributed by atoms with Gasteiger partial charge in [0.25, 0.3) is 0 Å². The minimum Gasteiger partial charge on any atom is -0.331 e. The molecule has 0 bridgehead atoms. The third-order valence-electron chi connectivity index (χ3n) is 2.94. The van der Waals surface area contributed by atoms with E-state index in [1.165, 1.54) is 17.0 Å². The molecule has 0 atom stereocenters. The van der Waals surface area contributed by atoms with Gasteiger partial charge in [-0.3, -0.25) is 0 Å².